The molecule has 50 valence electrons. The summed E-state index contributed by atoms with van der Waals surface area (Å²) < 4.78 is 5.06. The van der Waals surface area contributed by atoms with E-state index < -0.39 is 0 Å². The number of aliphatic imine (C=N–C) groups is 1. The SMILES string of the molecule is O=C=NC[C@H]1CCOC1. The Kier molecular flexibility index (Phi) is 2.43. The number of nitrogens with zero attached hydrogens (tertiary/aromatic N) is 1. The Morgan fingerprint density at radius 2 is 2.67 bits per heavy atom. The molecule has 3 nitrogen and oxygen atoms in total. The summed E-state index contributed by atoms with van der Waals surface area (Å²) in [5, 5.41) is 0. The number of hydrogen-bond donors (Lipinski definition) is 0. The fraction of sp³-hybridized carbons (Fsp3) is 0.833. The van der Waals surface area contributed by atoms with Crippen LogP contribution in [0.5, 0.6) is 0 Å². The van der Waals surface area contributed by atoms with Crippen LogP contribution < -0.4 is 0 Å². The Labute approximate surface area is 53.7 Å². The molecule has 9 heavy (non-hydrogen) atoms. The lowest BCUT2D eigenvalue weighted by Gasteiger charge is -1.97. The molecular formula is C6H9NO2. The molecule has 1 aliphatic rings. The van der Waals surface area contributed by atoms with Crippen molar-refractivity contribution in [3.05, 3.63) is 0 Å². The number of carbonyl (C=O) groups excluding carboxylic acids is 1. The maximum atomic E-state index is 9.63. The van der Waals surface area contributed by atoms with Crippen molar-refractivity contribution < 1.29 is 9.53 Å². The van der Waals surface area contributed by atoms with E-state index in [0.29, 0.717) is 12.5 Å². The fourth-order valence-corrected chi connectivity index (χ4v) is 0.894. The van der Waals surface area contributed by atoms with Gasteiger partial charge in [0.2, 0.25) is 6.08 Å². The van der Waals surface area contributed by atoms with Crippen LogP contribution in [0.3, 0.4) is 0 Å². The maximum absolute atomic E-state index is 9.63. The average Bonchev–Trinajstić information content (AvgIpc) is 2.34. The Hall–Kier alpha value is -0.660. The first-order valence-corrected chi connectivity index (χ1v) is 3.05. The molecule has 0 aromatic carbocycles. The minimum absolute atomic E-state index is 0.464. The molecule has 0 radical (unpaired) electrons. The van der Waals surface area contributed by atoms with E-state index in [-0.39, 0.29) is 0 Å². The summed E-state index contributed by atoms with van der Waals surface area (Å²) in [6.45, 7) is 2.16. The summed E-state index contributed by atoms with van der Waals surface area (Å²) in [4.78, 5) is 13.1. The summed E-state index contributed by atoms with van der Waals surface area (Å²) in [6, 6.07) is 0. The third kappa shape index (κ3) is 1.96. The molecule has 0 spiro atoms. The van der Waals surface area contributed by atoms with Crippen LogP contribution in [0.25, 0.3) is 0 Å². The third-order valence-electron chi connectivity index (χ3n) is 1.44. The van der Waals surface area contributed by atoms with Crippen LogP contribution in [0.15, 0.2) is 4.99 Å². The molecule has 1 fully saturated rings. The van der Waals surface area contributed by atoms with Crippen molar-refractivity contribution in [2.75, 3.05) is 19.8 Å². The van der Waals surface area contributed by atoms with E-state index >= 15 is 0 Å². The van der Waals surface area contributed by atoms with E-state index in [9.17, 15) is 4.79 Å². The number of rotatable bonds is 2. The highest BCUT2D eigenvalue weighted by Gasteiger charge is 2.13. The van der Waals surface area contributed by atoms with Gasteiger partial charge in [0.15, 0.2) is 0 Å². The number of isocyanates is 1. The predicted octanol–water partition coefficient (Wildman–Crippen LogP) is 0.359. The van der Waals surface area contributed by atoms with Gasteiger partial charge in [-0.15, -0.1) is 0 Å². The molecule has 0 unspecified atom stereocenters. The molecule has 1 atom stereocenters. The van der Waals surface area contributed by atoms with Crippen molar-refractivity contribution >= 4 is 6.08 Å². The van der Waals surface area contributed by atoms with Crippen LogP contribution in [0.2, 0.25) is 0 Å². The maximum Gasteiger partial charge on any atom is 0.234 e. The summed E-state index contributed by atoms with van der Waals surface area (Å²) in [6.07, 6.45) is 2.55. The Balaban J connectivity index is 2.18. The standard InChI is InChI=1S/C6H9NO2/c8-5-7-3-6-1-2-9-4-6/h6H,1-4H2/t6-/m1/s1. The van der Waals surface area contributed by atoms with Crippen LogP contribution >= 0.6 is 0 Å². The molecule has 0 N–H and O–H groups in total. The molecule has 1 aliphatic heterocycles. The van der Waals surface area contributed by atoms with Crippen LogP contribution in [-0.2, 0) is 9.53 Å². The molecule has 3 heteroatoms. The topological polar surface area (TPSA) is 38.7 Å². The van der Waals surface area contributed by atoms with Gasteiger partial charge >= 0.3 is 0 Å². The van der Waals surface area contributed by atoms with Gasteiger partial charge in [-0.3, -0.25) is 0 Å². The quantitative estimate of drug-likeness (QED) is 0.397. The molecule has 0 aromatic heterocycles. The van der Waals surface area contributed by atoms with Gasteiger partial charge in [-0.05, 0) is 6.42 Å². The van der Waals surface area contributed by atoms with Crippen LogP contribution in [-0.4, -0.2) is 25.8 Å². The van der Waals surface area contributed by atoms with Gasteiger partial charge in [0.25, 0.3) is 0 Å². The van der Waals surface area contributed by atoms with E-state index in [2.05, 4.69) is 4.99 Å². The summed E-state index contributed by atoms with van der Waals surface area (Å²) in [5.41, 5.74) is 0. The van der Waals surface area contributed by atoms with Gasteiger partial charge < -0.3 is 4.74 Å². The molecule has 1 rings (SSSR count). The lowest BCUT2D eigenvalue weighted by atomic mass is 10.1. The zero-order chi connectivity index (χ0) is 6.53. The molecule has 1 heterocycles. The second kappa shape index (κ2) is 3.38. The largest absolute Gasteiger partial charge is 0.381 e. The van der Waals surface area contributed by atoms with Crippen LogP contribution in [0, 0.1) is 5.92 Å². The second-order valence-electron chi connectivity index (χ2n) is 2.16. The van der Waals surface area contributed by atoms with Gasteiger partial charge in [0.1, 0.15) is 0 Å². The smallest absolute Gasteiger partial charge is 0.234 e. The molecule has 0 aromatic rings. The van der Waals surface area contributed by atoms with Gasteiger partial charge in [-0.25, -0.2) is 9.79 Å². The molecule has 0 amide bonds. The predicted molar refractivity (Wildman–Crippen MR) is 31.9 cm³/mol. The lowest BCUT2D eigenvalue weighted by Crippen LogP contribution is -2.02. The highest BCUT2D eigenvalue weighted by Crippen LogP contribution is 2.11. The van der Waals surface area contributed by atoms with Crippen LogP contribution in [0.1, 0.15) is 6.42 Å². The normalized spacial score (nSPS) is 25.6. The summed E-state index contributed by atoms with van der Waals surface area (Å²) in [5.74, 6) is 0.464. The van der Waals surface area contributed by atoms with Crippen molar-refractivity contribution in [2.24, 2.45) is 10.9 Å². The van der Waals surface area contributed by atoms with E-state index in [1.165, 1.54) is 6.08 Å². The summed E-state index contributed by atoms with van der Waals surface area (Å²) in [7, 11) is 0. The highest BCUT2D eigenvalue weighted by atomic mass is 16.5. The third-order valence-corrected chi connectivity index (χ3v) is 1.44. The minimum Gasteiger partial charge on any atom is -0.381 e. The number of hydrogen-bond acceptors (Lipinski definition) is 3. The number of ether oxygens (including phenoxy) is 1. The minimum atomic E-state index is 0.464. The molecule has 0 bridgehead atoms. The van der Waals surface area contributed by atoms with Crippen molar-refractivity contribution in [1.82, 2.24) is 0 Å². The zero-order valence-electron chi connectivity index (χ0n) is 5.17. The zero-order valence-corrected chi connectivity index (χ0v) is 5.17. The fourth-order valence-electron chi connectivity index (χ4n) is 0.894. The Morgan fingerprint density at radius 3 is 3.22 bits per heavy atom. The highest BCUT2D eigenvalue weighted by molar-refractivity contribution is 5.32. The first-order valence-electron chi connectivity index (χ1n) is 3.05. The first-order chi connectivity index (χ1) is 4.43. The van der Waals surface area contributed by atoms with Gasteiger partial charge in [0.05, 0.1) is 13.2 Å². The molecule has 0 saturated carbocycles. The van der Waals surface area contributed by atoms with E-state index in [1.54, 1.807) is 0 Å². The van der Waals surface area contributed by atoms with Crippen LogP contribution in [0.4, 0.5) is 0 Å². The average molecular weight is 127 g/mol. The van der Waals surface area contributed by atoms with E-state index in [0.717, 1.165) is 19.6 Å². The van der Waals surface area contributed by atoms with Crippen molar-refractivity contribution in [2.45, 2.75) is 6.42 Å². The molecule has 0 aliphatic carbocycles. The van der Waals surface area contributed by atoms with E-state index in [4.69, 9.17) is 4.74 Å². The molecule has 1 saturated heterocycles. The van der Waals surface area contributed by atoms with Crippen molar-refractivity contribution in [1.29, 1.82) is 0 Å². The van der Waals surface area contributed by atoms with E-state index in [1.807, 2.05) is 0 Å². The van der Waals surface area contributed by atoms with Crippen molar-refractivity contribution in [3.63, 3.8) is 0 Å². The van der Waals surface area contributed by atoms with Gasteiger partial charge in [0, 0.05) is 12.5 Å². The first kappa shape index (κ1) is 6.46. The summed E-state index contributed by atoms with van der Waals surface area (Å²) >= 11 is 0. The monoisotopic (exact) mass is 127 g/mol. The lowest BCUT2D eigenvalue weighted by molar-refractivity contribution is 0.187. The van der Waals surface area contributed by atoms with Crippen molar-refractivity contribution in [3.8, 4) is 0 Å². The second-order valence-corrected chi connectivity index (χ2v) is 2.16. The molecular weight excluding hydrogens is 118 g/mol. The van der Waals surface area contributed by atoms with Gasteiger partial charge in [-0.1, -0.05) is 0 Å². The Morgan fingerprint density at radius 1 is 1.78 bits per heavy atom. The Bertz CT molecular complexity index is 123. The van der Waals surface area contributed by atoms with Gasteiger partial charge in [-0.2, -0.15) is 0 Å².